The first-order valence-corrected chi connectivity index (χ1v) is 13.1. The highest BCUT2D eigenvalue weighted by Gasteiger charge is 2.67. The zero-order valence-corrected chi connectivity index (χ0v) is 20.7. The van der Waals surface area contributed by atoms with Crippen molar-refractivity contribution < 1.29 is 5.11 Å². The van der Waals surface area contributed by atoms with Crippen LogP contribution in [-0.2, 0) is 12.0 Å². The van der Waals surface area contributed by atoms with Crippen LogP contribution in [0.2, 0.25) is 0 Å². The number of benzene rings is 1. The van der Waals surface area contributed by atoms with Crippen LogP contribution in [0.3, 0.4) is 0 Å². The minimum absolute atomic E-state index is 0.0475. The second kappa shape index (κ2) is 8.02. The van der Waals surface area contributed by atoms with Crippen LogP contribution in [0, 0.1) is 18.8 Å². The molecule has 0 bridgehead atoms. The van der Waals surface area contributed by atoms with Crippen molar-refractivity contribution in [2.45, 2.75) is 25.4 Å². The van der Waals surface area contributed by atoms with Gasteiger partial charge in [0.15, 0.2) is 11.5 Å². The molecule has 3 atom stereocenters. The maximum atomic E-state index is 10.3. The van der Waals surface area contributed by atoms with E-state index in [1.807, 2.05) is 37.3 Å². The van der Waals surface area contributed by atoms with E-state index in [2.05, 4.69) is 25.5 Å². The van der Waals surface area contributed by atoms with Crippen molar-refractivity contribution in [2.75, 3.05) is 24.5 Å². The predicted molar refractivity (Wildman–Crippen MR) is 140 cm³/mol. The highest BCUT2D eigenvalue weighted by molar-refractivity contribution is 7.09. The Morgan fingerprint density at radius 1 is 1.19 bits per heavy atom. The van der Waals surface area contributed by atoms with Gasteiger partial charge < -0.3 is 15.7 Å². The molecule has 1 aliphatic heterocycles. The fraction of sp³-hybridized carbons (Fsp3) is 0.346. The van der Waals surface area contributed by atoms with E-state index in [1.165, 1.54) is 0 Å². The van der Waals surface area contributed by atoms with Gasteiger partial charge in [0.05, 0.1) is 12.1 Å². The summed E-state index contributed by atoms with van der Waals surface area (Å²) in [6.07, 6.45) is 2.80. The van der Waals surface area contributed by atoms with Crippen molar-refractivity contribution in [3.05, 3.63) is 58.3 Å². The quantitative estimate of drug-likeness (QED) is 0.337. The van der Waals surface area contributed by atoms with Gasteiger partial charge in [-0.1, -0.05) is 18.2 Å². The number of anilines is 1. The monoisotopic (exact) mass is 498 g/mol. The van der Waals surface area contributed by atoms with Gasteiger partial charge in [0.2, 0.25) is 0 Å². The van der Waals surface area contributed by atoms with E-state index in [-0.39, 0.29) is 12.0 Å². The van der Waals surface area contributed by atoms with Crippen LogP contribution in [0.5, 0.6) is 0 Å². The van der Waals surface area contributed by atoms with Crippen molar-refractivity contribution >= 4 is 39.2 Å². The summed E-state index contributed by atoms with van der Waals surface area (Å²) in [5.74, 6) is 1.68. The maximum absolute atomic E-state index is 10.3. The standard InChI is InChI=1S/C26H26N8OS/c1-14-12-36-25(29-14)26(13-27)17-7-9-34(10-18(17)26)24-20(11-35)30-22-21(32-33-23(22)31-24)16-4-2-6-19-15(16)5-3-8-28-19/h2-6,8,12,17-18,35H,7,9-11,13,27H2,1H3,(H,31,32,33). The second-order valence-corrected chi connectivity index (χ2v) is 10.6. The Hall–Kier alpha value is -3.47. The molecule has 4 aromatic heterocycles. The Morgan fingerprint density at radius 2 is 2.11 bits per heavy atom. The summed E-state index contributed by atoms with van der Waals surface area (Å²) in [4.78, 5) is 21.3. The summed E-state index contributed by atoms with van der Waals surface area (Å²) in [7, 11) is 0. The molecule has 1 aliphatic carbocycles. The number of rotatable bonds is 5. The number of hydrogen-bond donors (Lipinski definition) is 3. The van der Waals surface area contributed by atoms with E-state index in [9.17, 15) is 5.11 Å². The van der Waals surface area contributed by atoms with Gasteiger partial charge in [0.1, 0.15) is 21.9 Å². The molecule has 0 amide bonds. The van der Waals surface area contributed by atoms with E-state index in [0.717, 1.165) is 46.7 Å². The molecular formula is C26H26N8OS. The molecule has 5 heterocycles. The lowest BCUT2D eigenvalue weighted by atomic mass is 10.0. The summed E-state index contributed by atoms with van der Waals surface area (Å²) in [6.45, 7) is 4.11. The number of H-pyrrole nitrogens is 1. The molecule has 182 valence electrons. The van der Waals surface area contributed by atoms with E-state index < -0.39 is 0 Å². The lowest BCUT2D eigenvalue weighted by Crippen LogP contribution is -2.33. The number of aliphatic hydroxyl groups excluding tert-OH is 1. The maximum Gasteiger partial charge on any atom is 0.177 e. The van der Waals surface area contributed by atoms with Gasteiger partial charge in [-0.15, -0.1) is 11.3 Å². The van der Waals surface area contributed by atoms with E-state index in [1.54, 1.807) is 17.5 Å². The number of piperidine rings is 1. The van der Waals surface area contributed by atoms with Crippen LogP contribution in [0.4, 0.5) is 5.82 Å². The minimum atomic E-state index is -0.196. The van der Waals surface area contributed by atoms with Crippen LogP contribution in [0.15, 0.2) is 41.9 Å². The van der Waals surface area contributed by atoms with E-state index in [0.29, 0.717) is 46.8 Å². The number of pyridine rings is 1. The van der Waals surface area contributed by atoms with Crippen LogP contribution in [-0.4, -0.2) is 54.9 Å². The number of nitrogens with zero attached hydrogens (tertiary/aromatic N) is 6. The Morgan fingerprint density at radius 3 is 2.92 bits per heavy atom. The van der Waals surface area contributed by atoms with Crippen LogP contribution in [0.1, 0.15) is 22.8 Å². The molecule has 1 saturated carbocycles. The highest BCUT2D eigenvalue weighted by atomic mass is 32.1. The third-order valence-corrected chi connectivity index (χ3v) is 9.13. The van der Waals surface area contributed by atoms with Gasteiger partial charge in [-0.25, -0.2) is 15.0 Å². The number of aromatic amines is 1. The highest BCUT2D eigenvalue weighted by Crippen LogP contribution is 2.63. The van der Waals surface area contributed by atoms with Crippen molar-refractivity contribution in [1.29, 1.82) is 0 Å². The summed E-state index contributed by atoms with van der Waals surface area (Å²) >= 11 is 1.72. The number of hydrogen-bond acceptors (Lipinski definition) is 9. The van der Waals surface area contributed by atoms with Crippen molar-refractivity contribution in [3.63, 3.8) is 0 Å². The lowest BCUT2D eigenvalue weighted by Gasteiger charge is -2.28. The number of thiazole rings is 1. The Bertz CT molecular complexity index is 1610. The minimum Gasteiger partial charge on any atom is -0.390 e. The number of fused-ring (bicyclic) bond motifs is 3. The van der Waals surface area contributed by atoms with Gasteiger partial charge in [0.25, 0.3) is 0 Å². The average molecular weight is 499 g/mol. The van der Waals surface area contributed by atoms with Gasteiger partial charge in [-0.3, -0.25) is 10.1 Å². The molecular weight excluding hydrogens is 472 g/mol. The molecule has 5 aromatic rings. The summed E-state index contributed by atoms with van der Waals surface area (Å²) in [5, 5.41) is 22.2. The molecule has 9 nitrogen and oxygen atoms in total. The average Bonchev–Trinajstić information content (AvgIpc) is 3.16. The number of aryl methyl sites for hydroxylation is 1. The molecule has 36 heavy (non-hydrogen) atoms. The molecule has 0 radical (unpaired) electrons. The second-order valence-electron chi connectivity index (χ2n) is 9.78. The molecule has 2 fully saturated rings. The Balaban J connectivity index is 1.26. The number of aromatic nitrogens is 6. The van der Waals surface area contributed by atoms with E-state index in [4.69, 9.17) is 20.7 Å². The molecule has 1 saturated heterocycles. The first-order chi connectivity index (χ1) is 17.6. The SMILES string of the molecule is Cc1csc(C2(CN)C3CCN(c4nc5[nH]nc(-c6cccc7ncccc67)c5nc4CO)CC32)n1. The number of nitrogens with one attached hydrogen (secondary N) is 1. The van der Waals surface area contributed by atoms with Crippen LogP contribution in [0.25, 0.3) is 33.3 Å². The normalized spacial score (nSPS) is 23.4. The molecule has 2 aliphatic rings. The third-order valence-electron chi connectivity index (χ3n) is 7.98. The zero-order chi connectivity index (χ0) is 24.4. The Kier molecular flexibility index (Phi) is 4.85. The first kappa shape index (κ1) is 21.8. The van der Waals surface area contributed by atoms with Gasteiger partial charge in [-0.2, -0.15) is 5.10 Å². The van der Waals surface area contributed by atoms with Crippen molar-refractivity contribution in [2.24, 2.45) is 17.6 Å². The van der Waals surface area contributed by atoms with Crippen LogP contribution >= 0.6 is 11.3 Å². The van der Waals surface area contributed by atoms with Gasteiger partial charge in [0, 0.05) is 53.3 Å². The largest absolute Gasteiger partial charge is 0.390 e. The molecule has 4 N–H and O–H groups in total. The van der Waals surface area contributed by atoms with Gasteiger partial charge >= 0.3 is 0 Å². The number of aliphatic hydroxyl groups is 1. The third kappa shape index (κ3) is 3.04. The summed E-state index contributed by atoms with van der Waals surface area (Å²) in [5.41, 5.74) is 11.7. The smallest absolute Gasteiger partial charge is 0.177 e. The van der Waals surface area contributed by atoms with Gasteiger partial charge in [-0.05, 0) is 37.3 Å². The summed E-state index contributed by atoms with van der Waals surface area (Å²) < 4.78 is 0. The number of nitrogens with two attached hydrogens (primary N) is 1. The molecule has 0 spiro atoms. The fourth-order valence-electron chi connectivity index (χ4n) is 6.17. The molecule has 10 heteroatoms. The predicted octanol–water partition coefficient (Wildman–Crippen LogP) is 3.18. The van der Waals surface area contributed by atoms with Crippen molar-refractivity contribution in [3.8, 4) is 11.3 Å². The lowest BCUT2D eigenvalue weighted by molar-refractivity contribution is 0.277. The van der Waals surface area contributed by atoms with Crippen molar-refractivity contribution in [1.82, 2.24) is 30.1 Å². The fourth-order valence-corrected chi connectivity index (χ4v) is 7.30. The Labute approximate surface area is 211 Å². The molecule has 1 aromatic carbocycles. The zero-order valence-electron chi connectivity index (χ0n) is 19.8. The molecule has 3 unspecified atom stereocenters. The molecule has 7 rings (SSSR count). The van der Waals surface area contributed by atoms with Crippen LogP contribution < -0.4 is 10.6 Å². The topological polar surface area (TPSA) is 130 Å². The van der Waals surface area contributed by atoms with E-state index >= 15 is 0 Å². The summed E-state index contributed by atoms with van der Waals surface area (Å²) in [6, 6.07) is 9.90. The first-order valence-electron chi connectivity index (χ1n) is 12.2.